The fraction of sp³-hybridized carbons (Fsp3) is 0.443. The molecular weight excluding hydrogens is 2370 g/mol. The second kappa shape index (κ2) is 58.0. The third-order valence-electron chi connectivity index (χ3n) is 20.9. The van der Waals surface area contributed by atoms with Crippen LogP contribution in [0.3, 0.4) is 0 Å². The van der Waals surface area contributed by atoms with Crippen molar-refractivity contribution in [2.45, 2.75) is 145 Å². The lowest BCUT2D eigenvalue weighted by atomic mass is 9.75. The van der Waals surface area contributed by atoms with Crippen LogP contribution in [-0.4, -0.2) is 267 Å². The van der Waals surface area contributed by atoms with Crippen molar-refractivity contribution in [3.8, 4) is 0 Å². The first-order chi connectivity index (χ1) is 69.1. The number of anilines is 3. The number of aryl methyl sites for hydroxylation is 2. The molecule has 4 aliphatic heterocycles. The van der Waals surface area contributed by atoms with E-state index in [1.54, 1.807) is 40.1 Å². The number of hydrogen-bond donors (Lipinski definition) is 6. The molecule has 6 aromatic carbocycles. The minimum absolute atomic E-state index is 0.00913. The third-order valence-corrected chi connectivity index (χ3v) is 27.6. The van der Waals surface area contributed by atoms with Gasteiger partial charge < -0.3 is 93.7 Å². The lowest BCUT2D eigenvalue weighted by Gasteiger charge is -2.36. The Morgan fingerprint density at radius 2 is 1.04 bits per heavy atom. The number of piperazine rings is 3. The number of amides is 3. The number of rotatable bonds is 14. The maximum absolute atomic E-state index is 15.0. The number of aromatic amines is 2. The fourth-order valence-corrected chi connectivity index (χ4v) is 16.6. The highest BCUT2D eigenvalue weighted by atomic mass is 79.9. The summed E-state index contributed by atoms with van der Waals surface area (Å²) in [5.41, 5.74) is 5.29. The van der Waals surface area contributed by atoms with Gasteiger partial charge in [-0.25, -0.2) is 82.3 Å². The molecule has 147 heavy (non-hydrogen) atoms. The molecule has 4 aliphatic rings. The van der Waals surface area contributed by atoms with E-state index in [1.807, 2.05) is 115 Å². The van der Waals surface area contributed by atoms with Crippen molar-refractivity contribution in [2.24, 2.45) is 0 Å². The largest absolute Gasteiger partial charge is 0.489 e. The number of esters is 1. The monoisotopic (exact) mass is 2480 g/mol. The van der Waals surface area contributed by atoms with Crippen LogP contribution >= 0.6 is 149 Å². The van der Waals surface area contributed by atoms with Crippen molar-refractivity contribution < 1.29 is 79.6 Å². The van der Waals surface area contributed by atoms with E-state index in [4.69, 9.17) is 106 Å². The number of fused-ring (bicyclic) bond motifs is 5. The quantitative estimate of drug-likeness (QED) is 0.00678. The van der Waals surface area contributed by atoms with Gasteiger partial charge in [0, 0.05) is 134 Å². The van der Waals surface area contributed by atoms with Gasteiger partial charge in [0.1, 0.15) is 74.6 Å². The number of halogens is 16. The number of nitrogens with zero attached hydrogens (tertiary/aromatic N) is 15. The third kappa shape index (κ3) is 35.6. The Morgan fingerprint density at radius 3 is 1.46 bits per heavy atom. The highest BCUT2D eigenvalue weighted by molar-refractivity contribution is 9.11. The van der Waals surface area contributed by atoms with Crippen molar-refractivity contribution in [1.29, 1.82) is 0 Å². The first-order valence-electron chi connectivity index (χ1n) is 45.8. The van der Waals surface area contributed by atoms with Gasteiger partial charge in [-0.3, -0.25) is 9.59 Å². The summed E-state index contributed by atoms with van der Waals surface area (Å²) in [7, 11) is 5.22. The van der Waals surface area contributed by atoms with Crippen LogP contribution in [0.25, 0.3) is 71.5 Å². The smallest absolute Gasteiger partial charge is 0.465 e. The van der Waals surface area contributed by atoms with E-state index in [-0.39, 0.29) is 127 Å². The standard InChI is InChI=1S/C21H28BrClFN5O2.C19H21BrClFN4O2.C13H17BN2O3.C10H6BrCl2FN2O.C10H5BrClFN2O.C9H18N2O2.C8H6BrClFNO2.C4H7NO.C3H8/c1-21(2,3)31-20(30)29-10-8-28(9-11-29)19-13-12-14(23)16(22)17(24)18(13)25-15(26-19)6-7-27(4)5;1-5-13-23-16-11(10-12(21)14(20)15(16)22)17(24-13)25-6-8-26(9-7-25)18(27)28-19(2,3)4;1-9-5-6-11-10(13(9)14(17)18)8-15-16(11)12-4-2-3-7-19-12;11-7-5(13)3-4-9(8(7)14)15-6(1-2-12)16-10(4)17;1-2-6-14-9-4(10(16)15-6)3-5(12)7(11)8(9)13;1-9(2,3)13-8(12)11-6-4-10-5-7-11;1-14-8(13)3-2-4(10)5(9)6(11)7(3)12;1-5-3-4-6-2;1-3-2/h12H,6-11H2,1-5H3;5,10H,1,6-9H2,2-4H3;5-6,8,12,17-18H,2-4,7H2,1H3;3H,1-2H2,(H,15,16,17);2-3H,1H2,(H,14,15,16);10H,4-7H2,1-3H3;2H,12H2,1H3;3-4H2,2H3;3H2,1-2H3. The molecule has 15 rings (SSSR count). The molecule has 4 saturated heterocycles. The van der Waals surface area contributed by atoms with Gasteiger partial charge in [-0.05, 0) is 236 Å². The molecule has 1 atom stereocenters. The molecule has 7 N–H and O–H groups in total. The van der Waals surface area contributed by atoms with Crippen LogP contribution in [0.1, 0.15) is 147 Å². The normalized spacial score (nSPS) is 14.1. The molecule has 5 aromatic heterocycles. The highest BCUT2D eigenvalue weighted by Gasteiger charge is 2.34. The van der Waals surface area contributed by atoms with Crippen molar-refractivity contribution in [2.75, 3.05) is 155 Å². The number of nitrogen functional groups attached to an aromatic ring is 1. The van der Waals surface area contributed by atoms with Gasteiger partial charge in [-0.2, -0.15) is 5.10 Å². The molecule has 33 nitrogen and oxygen atoms in total. The predicted octanol–water partition coefficient (Wildman–Crippen LogP) is 21.7. The Kier molecular flexibility index (Phi) is 49.3. The fourth-order valence-electron chi connectivity index (χ4n) is 13.9. The Hall–Kier alpha value is -8.99. The van der Waals surface area contributed by atoms with E-state index in [1.165, 1.54) is 43.9 Å². The van der Waals surface area contributed by atoms with Crippen LogP contribution < -0.4 is 37.4 Å². The number of aromatic nitrogens is 10. The summed E-state index contributed by atoms with van der Waals surface area (Å²) in [5.74, 6) is -0.871. The van der Waals surface area contributed by atoms with Gasteiger partial charge in [-0.15, -0.1) is 11.6 Å². The Labute approximate surface area is 920 Å². The van der Waals surface area contributed by atoms with Gasteiger partial charge in [-0.1, -0.05) is 103 Å². The number of carbonyl (C=O) groups is 4. The first-order valence-corrected chi connectivity index (χ1v) is 52.2. The Morgan fingerprint density at radius 1 is 0.605 bits per heavy atom. The van der Waals surface area contributed by atoms with Crippen molar-refractivity contribution in [3.05, 3.63) is 205 Å². The van der Waals surface area contributed by atoms with E-state index in [0.29, 0.717) is 130 Å². The van der Waals surface area contributed by atoms with E-state index in [2.05, 4.69) is 166 Å². The lowest BCUT2D eigenvalue weighted by Crippen LogP contribution is -2.50. The average molecular weight is 2490 g/mol. The maximum Gasteiger partial charge on any atom is 0.489 e. The Bertz CT molecular complexity index is 6660. The van der Waals surface area contributed by atoms with Gasteiger partial charge in [0.05, 0.1) is 88.3 Å². The molecule has 0 aliphatic carbocycles. The molecular formula is C97H116BBr5Cl6F5N19O14. The zero-order valence-corrected chi connectivity index (χ0v) is 96.2. The van der Waals surface area contributed by atoms with Crippen molar-refractivity contribution >= 4 is 270 Å². The molecule has 9 heterocycles. The topological polar surface area (TPSA) is 387 Å². The van der Waals surface area contributed by atoms with Crippen LogP contribution in [0.5, 0.6) is 0 Å². The van der Waals surface area contributed by atoms with Gasteiger partial charge >= 0.3 is 31.4 Å². The highest BCUT2D eigenvalue weighted by Crippen LogP contribution is 2.40. The van der Waals surface area contributed by atoms with Crippen LogP contribution in [-0.2, 0) is 41.3 Å². The van der Waals surface area contributed by atoms with Crippen molar-refractivity contribution in [3.63, 3.8) is 0 Å². The summed E-state index contributed by atoms with van der Waals surface area (Å²) in [4.78, 5) is 116. The molecule has 798 valence electrons. The number of nitrogens with one attached hydrogen (secondary N) is 3. The zero-order chi connectivity index (χ0) is 110. The van der Waals surface area contributed by atoms with Crippen LogP contribution in [0, 0.1) is 42.6 Å². The summed E-state index contributed by atoms with van der Waals surface area (Å²) in [6.45, 7) is 46.0. The molecule has 0 radical (unpaired) electrons. The number of carbonyl (C=O) groups excluding carboxylic acids is 4. The molecule has 50 heteroatoms. The zero-order valence-electron chi connectivity index (χ0n) is 83.7. The second-order valence-electron chi connectivity index (χ2n) is 35.9. The number of hydrogen-bond acceptors (Lipinski definition) is 26. The van der Waals surface area contributed by atoms with E-state index in [9.17, 15) is 60.8 Å². The van der Waals surface area contributed by atoms with Gasteiger partial charge in [0.2, 0.25) is 6.54 Å². The predicted molar refractivity (Wildman–Crippen MR) is 589 cm³/mol. The summed E-state index contributed by atoms with van der Waals surface area (Å²) >= 11 is 50.4. The number of nitrogens with two attached hydrogens (primary N) is 1. The summed E-state index contributed by atoms with van der Waals surface area (Å²) in [6, 6.07) is 11.2. The molecule has 0 spiro atoms. The lowest BCUT2D eigenvalue weighted by molar-refractivity contribution is -0.0366. The number of likely N-dealkylation sites (N-methyl/N-ethyl adjacent to an activating group) is 1. The number of H-pyrrole nitrogens is 2. The summed E-state index contributed by atoms with van der Waals surface area (Å²) < 4.78 is 104. The molecule has 3 amide bonds. The van der Waals surface area contributed by atoms with E-state index in [0.717, 1.165) is 75.1 Å². The molecule has 11 aromatic rings. The van der Waals surface area contributed by atoms with E-state index < -0.39 is 64.5 Å². The van der Waals surface area contributed by atoms with Crippen LogP contribution in [0.4, 0.5) is 53.7 Å². The summed E-state index contributed by atoms with van der Waals surface area (Å²) in [5, 5.41) is 29.5. The number of benzene rings is 6. The van der Waals surface area contributed by atoms with Crippen LogP contribution in [0.2, 0.25) is 25.1 Å². The number of methoxy groups -OCH3 is 2. The van der Waals surface area contributed by atoms with Gasteiger partial charge in [0.25, 0.3) is 11.1 Å². The number of ether oxygens (including phenoxy) is 6. The van der Waals surface area contributed by atoms with Crippen LogP contribution in [0.15, 0.2) is 93.8 Å². The molecule has 4 fully saturated rings. The average Bonchev–Trinajstić information content (AvgIpc) is 1.62. The molecule has 1 unspecified atom stereocenters. The van der Waals surface area contributed by atoms with Crippen molar-refractivity contribution in [1.82, 2.24) is 74.6 Å². The Balaban J connectivity index is 0.000000233. The molecule has 0 bridgehead atoms. The second-order valence-corrected chi connectivity index (χ2v) is 42.3. The minimum Gasteiger partial charge on any atom is -0.465 e. The molecule has 0 saturated carbocycles. The summed E-state index contributed by atoms with van der Waals surface area (Å²) in [6.07, 6.45) is 8.96. The maximum atomic E-state index is 15.0. The first kappa shape index (κ1) is 125. The van der Waals surface area contributed by atoms with Gasteiger partial charge in [0.15, 0.2) is 41.1 Å². The minimum atomic E-state index is -1.48. The SMILES string of the molecule is C=Cc1nc(N2CCN(C(=O)OC(C)(C)C)CC2)c2cc(Cl)c(Br)c(F)c2n1.C=Cc1nc2c(F)c(Br)c(Cl)cc2c(=O)[nH]1.CC(C)(C)OC(=O)N1CCNCC1.CCC.CN(C)CCc1nc(N2CCN(C(=O)OC(C)(C)C)CC2)c2cc(Cl)c(Br)c(F)c2n1.COC(=O)c1cc(Cl)c(Br)c(F)c1N.Cc1ccc2c(cnn2C2CCCCO2)c1B(O)O.O=c1[nH]c(CCCl)nc2c(F)c(Br)c(Cl)cc12.[C-]#[N+]CCOC. The number of alkyl halides is 1. The van der Waals surface area contributed by atoms with E-state index >= 15 is 0 Å².